The third-order valence-corrected chi connectivity index (χ3v) is 1.40. The predicted molar refractivity (Wildman–Crippen MR) is 33.3 cm³/mol. The summed E-state index contributed by atoms with van der Waals surface area (Å²) in [6, 6.07) is 0. The van der Waals surface area contributed by atoms with Crippen molar-refractivity contribution in [3.05, 3.63) is 0 Å². The van der Waals surface area contributed by atoms with E-state index in [-0.39, 0.29) is 0 Å². The molecule has 2 atom stereocenters. The first-order chi connectivity index (χ1) is 4.70. The Hall–Kier alpha value is -0.810. The van der Waals surface area contributed by atoms with Crippen molar-refractivity contribution < 1.29 is 14.6 Å². The van der Waals surface area contributed by atoms with Gasteiger partial charge in [0.1, 0.15) is 12.2 Å². The molecule has 58 valence electrons. The Morgan fingerprint density at radius 3 is 2.80 bits per heavy atom. The number of ether oxygens (including phenoxy) is 1. The summed E-state index contributed by atoms with van der Waals surface area (Å²) in [6.45, 7) is 0.933. The van der Waals surface area contributed by atoms with Crippen molar-refractivity contribution in [3.63, 3.8) is 0 Å². The molecule has 0 spiro atoms. The van der Waals surface area contributed by atoms with Crippen molar-refractivity contribution in [2.24, 2.45) is 5.73 Å². The second-order valence-corrected chi connectivity index (χ2v) is 2.20. The maximum Gasteiger partial charge on any atom is 0.404 e. The van der Waals surface area contributed by atoms with E-state index in [0.717, 1.165) is 0 Å². The molecular formula is C5H10N2O3. The van der Waals surface area contributed by atoms with E-state index < -0.39 is 18.3 Å². The van der Waals surface area contributed by atoms with Crippen LogP contribution in [0.5, 0.6) is 0 Å². The van der Waals surface area contributed by atoms with E-state index in [1.54, 1.807) is 0 Å². The molecule has 1 aliphatic rings. The monoisotopic (exact) mass is 146 g/mol. The Labute approximate surface area is 58.2 Å². The number of hydrogen-bond acceptors (Lipinski definition) is 4. The maximum atomic E-state index is 10.2. The van der Waals surface area contributed by atoms with Crippen molar-refractivity contribution in [1.29, 1.82) is 0 Å². The molecule has 4 N–H and O–H groups in total. The average molecular weight is 146 g/mol. The lowest BCUT2D eigenvalue weighted by molar-refractivity contribution is 0.0376. The Morgan fingerprint density at radius 2 is 2.40 bits per heavy atom. The number of nitrogens with two attached hydrogens (primary N) is 1. The van der Waals surface area contributed by atoms with Gasteiger partial charge in [-0.1, -0.05) is 0 Å². The summed E-state index contributed by atoms with van der Waals surface area (Å²) in [5.41, 5.74) is 4.73. The number of rotatable bonds is 1. The highest BCUT2D eigenvalue weighted by Crippen LogP contribution is 2.03. The van der Waals surface area contributed by atoms with Gasteiger partial charge in [0.15, 0.2) is 0 Å². The van der Waals surface area contributed by atoms with Gasteiger partial charge in [0.05, 0.1) is 0 Å². The molecule has 5 heteroatoms. The fourth-order valence-corrected chi connectivity index (χ4v) is 0.910. The van der Waals surface area contributed by atoms with Gasteiger partial charge < -0.3 is 20.9 Å². The number of carbonyl (C=O) groups excluding carboxylic acids is 1. The lowest BCUT2D eigenvalue weighted by atomic mass is 10.3. The highest BCUT2D eigenvalue weighted by atomic mass is 16.6. The van der Waals surface area contributed by atoms with Gasteiger partial charge >= 0.3 is 6.09 Å². The normalized spacial score (nSPS) is 32.1. The number of carbonyl (C=O) groups is 1. The summed E-state index contributed by atoms with van der Waals surface area (Å²) in [5, 5.41) is 11.9. The van der Waals surface area contributed by atoms with Crippen LogP contribution in [0.1, 0.15) is 0 Å². The average Bonchev–Trinajstić information content (AvgIpc) is 2.15. The number of hydrogen-bond donors (Lipinski definition) is 3. The van der Waals surface area contributed by atoms with Crippen LogP contribution >= 0.6 is 0 Å². The first-order valence-corrected chi connectivity index (χ1v) is 3.05. The smallest absolute Gasteiger partial charge is 0.404 e. The largest absolute Gasteiger partial charge is 0.442 e. The molecule has 1 rings (SSSR count). The number of aliphatic hydroxyl groups is 1. The van der Waals surface area contributed by atoms with Crippen molar-refractivity contribution in [2.75, 3.05) is 13.1 Å². The van der Waals surface area contributed by atoms with Gasteiger partial charge in [-0.2, -0.15) is 0 Å². The number of amides is 1. The van der Waals surface area contributed by atoms with Crippen LogP contribution in [-0.4, -0.2) is 36.5 Å². The summed E-state index contributed by atoms with van der Waals surface area (Å²) >= 11 is 0. The van der Waals surface area contributed by atoms with E-state index in [0.29, 0.717) is 13.1 Å². The molecule has 1 heterocycles. The Balaban J connectivity index is 2.33. The van der Waals surface area contributed by atoms with Crippen LogP contribution in [0.3, 0.4) is 0 Å². The number of primary amides is 1. The fraction of sp³-hybridized carbons (Fsp3) is 0.800. The van der Waals surface area contributed by atoms with E-state index in [1.165, 1.54) is 0 Å². The summed E-state index contributed by atoms with van der Waals surface area (Å²) in [4.78, 5) is 10.2. The van der Waals surface area contributed by atoms with Gasteiger partial charge in [-0.05, 0) is 0 Å². The topological polar surface area (TPSA) is 84.6 Å². The van der Waals surface area contributed by atoms with Gasteiger partial charge in [0.25, 0.3) is 0 Å². The predicted octanol–water partition coefficient (Wildman–Crippen LogP) is -1.59. The van der Waals surface area contributed by atoms with Crippen molar-refractivity contribution >= 4 is 6.09 Å². The van der Waals surface area contributed by atoms with Crippen LogP contribution in [0, 0.1) is 0 Å². The van der Waals surface area contributed by atoms with Gasteiger partial charge in [-0.25, -0.2) is 4.79 Å². The summed E-state index contributed by atoms with van der Waals surface area (Å²) < 4.78 is 4.55. The quantitative estimate of drug-likeness (QED) is 0.416. The van der Waals surface area contributed by atoms with Crippen LogP contribution in [-0.2, 0) is 4.74 Å². The molecule has 0 radical (unpaired) electrons. The fourth-order valence-electron chi connectivity index (χ4n) is 0.910. The van der Waals surface area contributed by atoms with Crippen molar-refractivity contribution in [1.82, 2.24) is 5.32 Å². The van der Waals surface area contributed by atoms with E-state index in [1.807, 2.05) is 0 Å². The zero-order chi connectivity index (χ0) is 7.56. The van der Waals surface area contributed by atoms with Gasteiger partial charge in [-0.3, -0.25) is 0 Å². The van der Waals surface area contributed by atoms with E-state index in [9.17, 15) is 4.79 Å². The minimum atomic E-state index is -0.840. The molecule has 1 amide bonds. The molecule has 1 saturated heterocycles. The minimum absolute atomic E-state index is 0.456. The maximum absolute atomic E-state index is 10.2. The van der Waals surface area contributed by atoms with Crippen LogP contribution in [0.25, 0.3) is 0 Å². The van der Waals surface area contributed by atoms with Crippen molar-refractivity contribution in [2.45, 2.75) is 12.2 Å². The molecule has 0 saturated carbocycles. The Bertz CT molecular complexity index is 139. The van der Waals surface area contributed by atoms with Crippen LogP contribution in [0.15, 0.2) is 0 Å². The summed E-state index contributed by atoms with van der Waals surface area (Å²) in [6.07, 6.45) is -1.93. The molecule has 1 aliphatic heterocycles. The zero-order valence-electron chi connectivity index (χ0n) is 5.41. The second kappa shape index (κ2) is 2.85. The van der Waals surface area contributed by atoms with Gasteiger partial charge in [0, 0.05) is 13.1 Å². The number of aliphatic hydroxyl groups excluding tert-OH is 1. The minimum Gasteiger partial charge on any atom is -0.442 e. The lowest BCUT2D eigenvalue weighted by Crippen LogP contribution is -2.31. The van der Waals surface area contributed by atoms with E-state index in [4.69, 9.17) is 10.8 Å². The highest BCUT2D eigenvalue weighted by molar-refractivity contribution is 5.64. The van der Waals surface area contributed by atoms with Crippen molar-refractivity contribution in [3.8, 4) is 0 Å². The number of β-amino-alcohol motifs (C(OH)–C–C–N with tert-alkyl or cyclic N) is 1. The first kappa shape index (κ1) is 7.30. The second-order valence-electron chi connectivity index (χ2n) is 2.20. The molecule has 0 unspecified atom stereocenters. The Morgan fingerprint density at radius 1 is 1.70 bits per heavy atom. The lowest BCUT2D eigenvalue weighted by Gasteiger charge is -2.11. The molecule has 0 aromatic heterocycles. The van der Waals surface area contributed by atoms with E-state index >= 15 is 0 Å². The van der Waals surface area contributed by atoms with Gasteiger partial charge in [-0.15, -0.1) is 0 Å². The number of nitrogens with one attached hydrogen (secondary N) is 1. The molecule has 5 nitrogen and oxygen atoms in total. The zero-order valence-corrected chi connectivity index (χ0v) is 5.41. The molecular weight excluding hydrogens is 136 g/mol. The SMILES string of the molecule is NC(=O)O[C@H]1CNC[C@@H]1O. The molecule has 0 aromatic rings. The van der Waals surface area contributed by atoms with Crippen LogP contribution < -0.4 is 11.1 Å². The molecule has 1 fully saturated rings. The summed E-state index contributed by atoms with van der Waals surface area (Å²) in [5.74, 6) is 0. The molecule has 0 aromatic carbocycles. The molecule has 0 bridgehead atoms. The third-order valence-electron chi connectivity index (χ3n) is 1.40. The van der Waals surface area contributed by atoms with Crippen LogP contribution in [0.2, 0.25) is 0 Å². The standard InChI is InChI=1S/C5H10N2O3/c6-5(9)10-4-2-7-1-3(4)8/h3-4,7-8H,1-2H2,(H2,6,9)/t3-,4-/m0/s1. The summed E-state index contributed by atoms with van der Waals surface area (Å²) in [7, 11) is 0. The molecule has 0 aliphatic carbocycles. The van der Waals surface area contributed by atoms with E-state index in [2.05, 4.69) is 10.1 Å². The highest BCUT2D eigenvalue weighted by Gasteiger charge is 2.27. The Kier molecular flexibility index (Phi) is 2.08. The van der Waals surface area contributed by atoms with Crippen LogP contribution in [0.4, 0.5) is 4.79 Å². The first-order valence-electron chi connectivity index (χ1n) is 3.05. The molecule has 10 heavy (non-hydrogen) atoms. The van der Waals surface area contributed by atoms with Gasteiger partial charge in [0.2, 0.25) is 0 Å². The third kappa shape index (κ3) is 1.58.